The topological polar surface area (TPSA) is 77.2 Å². The van der Waals surface area contributed by atoms with Crippen LogP contribution in [0.4, 0.5) is 5.95 Å². The number of aryl methyl sites for hydroxylation is 1. The van der Waals surface area contributed by atoms with Crippen molar-refractivity contribution in [3.8, 4) is 5.75 Å². The zero-order valence-electron chi connectivity index (χ0n) is 16.0. The molecular formula is C21H22N6O. The van der Waals surface area contributed by atoms with E-state index in [4.69, 9.17) is 4.74 Å². The molecule has 2 heterocycles. The quantitative estimate of drug-likeness (QED) is 0.299. The summed E-state index contributed by atoms with van der Waals surface area (Å²) in [5.41, 5.74) is 6.37. The highest BCUT2D eigenvalue weighted by molar-refractivity contribution is 6.04. The summed E-state index contributed by atoms with van der Waals surface area (Å²) >= 11 is 0. The Bertz CT molecular complexity index is 1130. The smallest absolute Gasteiger partial charge is 0.265 e. The summed E-state index contributed by atoms with van der Waals surface area (Å²) in [5, 5.41) is 13.8. The maximum Gasteiger partial charge on any atom is 0.265 e. The number of ether oxygens (including phenoxy) is 1. The first-order valence-electron chi connectivity index (χ1n) is 9.36. The number of hydrazone groups is 1. The Kier molecular flexibility index (Phi) is 5.14. The van der Waals surface area contributed by atoms with E-state index >= 15 is 0 Å². The van der Waals surface area contributed by atoms with Gasteiger partial charge in [-0.2, -0.15) is 10.1 Å². The van der Waals surface area contributed by atoms with Crippen LogP contribution in [0.2, 0.25) is 0 Å². The van der Waals surface area contributed by atoms with Crippen LogP contribution in [0.1, 0.15) is 25.3 Å². The fourth-order valence-corrected chi connectivity index (χ4v) is 3.06. The van der Waals surface area contributed by atoms with Gasteiger partial charge in [-0.25, -0.2) is 5.43 Å². The van der Waals surface area contributed by atoms with Gasteiger partial charge in [0.25, 0.3) is 5.95 Å². The summed E-state index contributed by atoms with van der Waals surface area (Å²) in [7, 11) is 1.97. The molecule has 0 radical (unpaired) electrons. The summed E-state index contributed by atoms with van der Waals surface area (Å²) in [5.74, 6) is 1.16. The van der Waals surface area contributed by atoms with Crippen molar-refractivity contribution in [2.45, 2.75) is 19.8 Å². The molecule has 0 bridgehead atoms. The third-order valence-corrected chi connectivity index (χ3v) is 4.55. The first kappa shape index (κ1) is 17.9. The molecule has 7 nitrogen and oxygen atoms in total. The molecule has 0 fully saturated rings. The van der Waals surface area contributed by atoms with Crippen LogP contribution in [0.25, 0.3) is 22.1 Å². The molecule has 0 spiro atoms. The van der Waals surface area contributed by atoms with E-state index in [2.05, 4.69) is 32.6 Å². The molecule has 0 unspecified atom stereocenters. The Morgan fingerprint density at radius 3 is 2.82 bits per heavy atom. The monoisotopic (exact) mass is 374 g/mol. The Balaban J connectivity index is 1.55. The summed E-state index contributed by atoms with van der Waals surface area (Å²) < 4.78 is 7.83. The fourth-order valence-electron chi connectivity index (χ4n) is 3.06. The Hall–Kier alpha value is -3.48. The van der Waals surface area contributed by atoms with E-state index in [1.807, 2.05) is 60.1 Å². The van der Waals surface area contributed by atoms with Crippen molar-refractivity contribution in [3.63, 3.8) is 0 Å². The van der Waals surface area contributed by atoms with Crippen LogP contribution in [0.15, 0.2) is 53.6 Å². The number of fused-ring (bicyclic) bond motifs is 3. The average molecular weight is 374 g/mol. The molecule has 0 aliphatic heterocycles. The molecule has 0 aliphatic carbocycles. The first-order valence-corrected chi connectivity index (χ1v) is 9.36. The lowest BCUT2D eigenvalue weighted by Crippen LogP contribution is -2.02. The van der Waals surface area contributed by atoms with Gasteiger partial charge in [0.1, 0.15) is 11.3 Å². The average Bonchev–Trinajstić information content (AvgIpc) is 3.02. The maximum atomic E-state index is 5.82. The number of para-hydroxylation sites is 2. The summed E-state index contributed by atoms with van der Waals surface area (Å²) in [4.78, 5) is 4.56. The SMILES string of the molecule is CCCCOc1ccccc1/C=N/Nc1nnc2c3ccccc3n(C)c2n1. The highest BCUT2D eigenvalue weighted by Gasteiger charge is 2.11. The van der Waals surface area contributed by atoms with Crippen LogP contribution in [-0.4, -0.2) is 32.6 Å². The molecule has 1 N–H and O–H groups in total. The first-order chi connectivity index (χ1) is 13.8. The standard InChI is InChI=1S/C21H22N6O/c1-3-4-13-28-18-12-8-5-9-15(18)14-22-25-21-23-20-19(24-26-21)16-10-6-7-11-17(16)27(20)2/h5-12,14H,3-4,13H2,1-2H3,(H,23,25,26)/b22-14+. The van der Waals surface area contributed by atoms with Gasteiger partial charge in [-0.05, 0) is 24.6 Å². The minimum absolute atomic E-state index is 0.346. The van der Waals surface area contributed by atoms with Crippen molar-refractivity contribution < 1.29 is 4.74 Å². The highest BCUT2D eigenvalue weighted by Crippen LogP contribution is 2.24. The number of benzene rings is 2. The third-order valence-electron chi connectivity index (χ3n) is 4.55. The van der Waals surface area contributed by atoms with E-state index in [-0.39, 0.29) is 0 Å². The van der Waals surface area contributed by atoms with Gasteiger partial charge in [0.15, 0.2) is 5.65 Å². The van der Waals surface area contributed by atoms with Gasteiger partial charge in [-0.15, -0.1) is 10.2 Å². The number of rotatable bonds is 7. The second-order valence-corrected chi connectivity index (χ2v) is 6.49. The molecule has 142 valence electrons. The molecule has 0 saturated carbocycles. The zero-order valence-corrected chi connectivity index (χ0v) is 16.0. The molecule has 2 aromatic heterocycles. The number of nitrogens with one attached hydrogen (secondary N) is 1. The Morgan fingerprint density at radius 2 is 1.93 bits per heavy atom. The molecule has 2 aromatic carbocycles. The van der Waals surface area contributed by atoms with Crippen molar-refractivity contribution in [2.75, 3.05) is 12.0 Å². The van der Waals surface area contributed by atoms with Crippen molar-refractivity contribution >= 4 is 34.2 Å². The van der Waals surface area contributed by atoms with Gasteiger partial charge in [-0.3, -0.25) is 0 Å². The van der Waals surface area contributed by atoms with Crippen LogP contribution >= 0.6 is 0 Å². The van der Waals surface area contributed by atoms with Gasteiger partial charge >= 0.3 is 0 Å². The number of hydrogen-bond donors (Lipinski definition) is 1. The maximum absolute atomic E-state index is 5.82. The normalized spacial score (nSPS) is 11.5. The zero-order chi connectivity index (χ0) is 19.3. The van der Waals surface area contributed by atoms with Gasteiger partial charge in [0.05, 0.1) is 18.3 Å². The lowest BCUT2D eigenvalue weighted by Gasteiger charge is -2.07. The van der Waals surface area contributed by atoms with Gasteiger partial charge in [0, 0.05) is 18.0 Å². The van der Waals surface area contributed by atoms with Crippen molar-refractivity contribution in [1.29, 1.82) is 0 Å². The Morgan fingerprint density at radius 1 is 1.11 bits per heavy atom. The molecule has 28 heavy (non-hydrogen) atoms. The predicted octanol–water partition coefficient (Wildman–Crippen LogP) is 4.14. The molecule has 0 saturated heterocycles. The van der Waals surface area contributed by atoms with Crippen molar-refractivity contribution in [3.05, 3.63) is 54.1 Å². The van der Waals surface area contributed by atoms with E-state index in [0.717, 1.165) is 46.2 Å². The van der Waals surface area contributed by atoms with Crippen molar-refractivity contribution in [2.24, 2.45) is 12.1 Å². The van der Waals surface area contributed by atoms with Crippen LogP contribution in [0, 0.1) is 0 Å². The summed E-state index contributed by atoms with van der Waals surface area (Å²) in [6.07, 6.45) is 3.82. The molecule has 4 aromatic rings. The fraction of sp³-hybridized carbons (Fsp3) is 0.238. The lowest BCUT2D eigenvalue weighted by atomic mass is 10.2. The number of nitrogens with zero attached hydrogens (tertiary/aromatic N) is 5. The van der Waals surface area contributed by atoms with Crippen LogP contribution in [-0.2, 0) is 7.05 Å². The highest BCUT2D eigenvalue weighted by atomic mass is 16.5. The summed E-state index contributed by atoms with van der Waals surface area (Å²) in [6, 6.07) is 15.8. The van der Waals surface area contributed by atoms with E-state index in [0.29, 0.717) is 12.6 Å². The molecular weight excluding hydrogens is 352 g/mol. The minimum Gasteiger partial charge on any atom is -0.493 e. The number of anilines is 1. The molecule has 7 heteroatoms. The lowest BCUT2D eigenvalue weighted by molar-refractivity contribution is 0.309. The van der Waals surface area contributed by atoms with Gasteiger partial charge in [0.2, 0.25) is 0 Å². The number of hydrogen-bond acceptors (Lipinski definition) is 6. The number of aromatic nitrogens is 4. The van der Waals surface area contributed by atoms with E-state index in [9.17, 15) is 0 Å². The molecule has 0 aliphatic rings. The van der Waals surface area contributed by atoms with E-state index in [1.54, 1.807) is 6.21 Å². The molecule has 4 rings (SSSR count). The molecule has 0 atom stereocenters. The minimum atomic E-state index is 0.346. The van der Waals surface area contributed by atoms with E-state index < -0.39 is 0 Å². The summed E-state index contributed by atoms with van der Waals surface area (Å²) in [6.45, 7) is 2.83. The second kappa shape index (κ2) is 8.04. The third kappa shape index (κ3) is 3.51. The predicted molar refractivity (Wildman–Crippen MR) is 112 cm³/mol. The van der Waals surface area contributed by atoms with Crippen LogP contribution in [0.5, 0.6) is 5.75 Å². The largest absolute Gasteiger partial charge is 0.493 e. The molecule has 0 amide bonds. The van der Waals surface area contributed by atoms with Gasteiger partial charge in [-0.1, -0.05) is 43.7 Å². The van der Waals surface area contributed by atoms with Crippen LogP contribution < -0.4 is 10.2 Å². The van der Waals surface area contributed by atoms with Gasteiger partial charge < -0.3 is 9.30 Å². The van der Waals surface area contributed by atoms with E-state index in [1.165, 1.54) is 0 Å². The van der Waals surface area contributed by atoms with Crippen molar-refractivity contribution in [1.82, 2.24) is 19.7 Å². The second-order valence-electron chi connectivity index (χ2n) is 6.49. The number of unbranched alkanes of at least 4 members (excludes halogenated alkanes) is 1. The van der Waals surface area contributed by atoms with Crippen LogP contribution in [0.3, 0.4) is 0 Å². The Labute approximate surface area is 163 Å².